The van der Waals surface area contributed by atoms with Gasteiger partial charge in [0.25, 0.3) is 11.8 Å². The van der Waals surface area contributed by atoms with Crippen molar-refractivity contribution in [3.8, 4) is 11.5 Å². The zero-order valence-electron chi connectivity index (χ0n) is 19.7. The van der Waals surface area contributed by atoms with Gasteiger partial charge in [-0.3, -0.25) is 24.2 Å². The van der Waals surface area contributed by atoms with Crippen LogP contribution < -0.4 is 9.47 Å². The molecule has 0 aromatic heterocycles. The molecule has 0 radical (unpaired) electrons. The average molecular weight is 484 g/mol. The average Bonchev–Trinajstić information content (AvgIpc) is 3.38. The summed E-state index contributed by atoms with van der Waals surface area (Å²) in [6, 6.07) is 16.7. The summed E-state index contributed by atoms with van der Waals surface area (Å²) in [5.74, 6) is 0.866. The van der Waals surface area contributed by atoms with Crippen LogP contribution in [0.5, 0.6) is 11.5 Å². The molecule has 8 nitrogen and oxygen atoms in total. The zero-order chi connectivity index (χ0) is 24.6. The second-order valence-electron chi connectivity index (χ2n) is 9.08. The number of rotatable bonds is 5. The molecule has 1 fully saturated rings. The van der Waals surface area contributed by atoms with Crippen LogP contribution >= 0.6 is 0 Å². The molecule has 8 heteroatoms. The van der Waals surface area contributed by atoms with Gasteiger partial charge in [0.1, 0.15) is 0 Å². The molecule has 0 atom stereocenters. The van der Waals surface area contributed by atoms with Crippen molar-refractivity contribution in [1.29, 1.82) is 0 Å². The van der Waals surface area contributed by atoms with Gasteiger partial charge in [-0.1, -0.05) is 30.3 Å². The quantitative estimate of drug-likeness (QED) is 0.410. The Kier molecular flexibility index (Phi) is 5.65. The lowest BCUT2D eigenvalue weighted by Crippen LogP contribution is -2.51. The first-order valence-corrected chi connectivity index (χ1v) is 12.1. The maximum Gasteiger partial charge on any atom is 0.261 e. The van der Waals surface area contributed by atoms with Crippen molar-refractivity contribution in [1.82, 2.24) is 14.7 Å². The molecule has 0 unspecified atom stereocenters. The van der Waals surface area contributed by atoms with E-state index in [0.29, 0.717) is 61.9 Å². The number of hydrogen-bond donors (Lipinski definition) is 0. The summed E-state index contributed by atoms with van der Waals surface area (Å²) in [7, 11) is 0. The van der Waals surface area contributed by atoms with Crippen molar-refractivity contribution in [3.63, 3.8) is 0 Å². The van der Waals surface area contributed by atoms with Crippen LogP contribution in [0.3, 0.4) is 0 Å². The van der Waals surface area contributed by atoms with E-state index in [1.165, 1.54) is 4.90 Å². The van der Waals surface area contributed by atoms with Crippen LogP contribution in [0.2, 0.25) is 0 Å². The maximum atomic E-state index is 13.1. The minimum absolute atomic E-state index is 0.0431. The van der Waals surface area contributed by atoms with Crippen molar-refractivity contribution < 1.29 is 23.9 Å². The fraction of sp³-hybridized carbons (Fsp3) is 0.250. The van der Waals surface area contributed by atoms with Crippen LogP contribution in [-0.4, -0.2) is 78.5 Å². The Balaban J connectivity index is 1.04. The van der Waals surface area contributed by atoms with Crippen molar-refractivity contribution in [3.05, 3.63) is 77.4 Å². The number of carbonyl (C=O) groups excluding carboxylic acids is 3. The molecule has 0 N–H and O–H groups in total. The normalized spacial score (nSPS) is 17.4. The maximum absolute atomic E-state index is 13.1. The molecule has 3 aromatic rings. The lowest BCUT2D eigenvalue weighted by molar-refractivity contribution is -0.127. The molecule has 182 valence electrons. The van der Waals surface area contributed by atoms with Gasteiger partial charge in [0.15, 0.2) is 11.5 Å². The molecule has 3 amide bonds. The van der Waals surface area contributed by atoms with Crippen LogP contribution in [0, 0.1) is 0 Å². The minimum atomic E-state index is -0.244. The van der Waals surface area contributed by atoms with Gasteiger partial charge in [0.2, 0.25) is 12.7 Å². The van der Waals surface area contributed by atoms with Gasteiger partial charge >= 0.3 is 0 Å². The molecule has 3 aromatic carbocycles. The van der Waals surface area contributed by atoms with Crippen LogP contribution in [0.25, 0.3) is 16.8 Å². The van der Waals surface area contributed by atoms with Gasteiger partial charge in [-0.25, -0.2) is 0 Å². The third-order valence-electron chi connectivity index (χ3n) is 6.99. The van der Waals surface area contributed by atoms with Crippen molar-refractivity contribution in [2.45, 2.75) is 0 Å². The molecule has 0 saturated carbocycles. The lowest BCUT2D eigenvalue weighted by atomic mass is 9.94. The highest BCUT2D eigenvalue weighted by Gasteiger charge is 2.33. The van der Waals surface area contributed by atoms with E-state index in [1.807, 2.05) is 47.4 Å². The van der Waals surface area contributed by atoms with E-state index in [9.17, 15) is 14.4 Å². The Labute approximate surface area is 208 Å². The predicted molar refractivity (Wildman–Crippen MR) is 134 cm³/mol. The fourth-order valence-electron chi connectivity index (χ4n) is 5.01. The topological polar surface area (TPSA) is 79.4 Å². The molecular formula is C28H25N3O5. The molecule has 3 aliphatic heterocycles. The first-order chi connectivity index (χ1) is 17.6. The number of nitrogens with zero attached hydrogens (tertiary/aromatic N) is 3. The van der Waals surface area contributed by atoms with Crippen LogP contribution in [0.4, 0.5) is 0 Å². The summed E-state index contributed by atoms with van der Waals surface area (Å²) in [5, 5.41) is 1.65. The SMILES string of the molecule is O=C(/C=C\c1ccc2c(c1)OCO2)N1CCN(CCN2C(=O)c3cccc4cccc(c34)C2=O)CC1. The van der Waals surface area contributed by atoms with Gasteiger partial charge in [0, 0.05) is 61.9 Å². The highest BCUT2D eigenvalue weighted by molar-refractivity contribution is 6.25. The van der Waals surface area contributed by atoms with E-state index >= 15 is 0 Å². The van der Waals surface area contributed by atoms with Crippen molar-refractivity contribution in [2.75, 3.05) is 46.1 Å². The van der Waals surface area contributed by atoms with Crippen LogP contribution in [-0.2, 0) is 4.79 Å². The third-order valence-corrected chi connectivity index (χ3v) is 6.99. The van der Waals surface area contributed by atoms with E-state index < -0.39 is 0 Å². The van der Waals surface area contributed by atoms with E-state index in [-0.39, 0.29) is 24.5 Å². The summed E-state index contributed by atoms with van der Waals surface area (Å²) < 4.78 is 10.7. The minimum Gasteiger partial charge on any atom is -0.454 e. The molecule has 3 heterocycles. The van der Waals surface area contributed by atoms with Crippen LogP contribution in [0.1, 0.15) is 26.3 Å². The summed E-state index contributed by atoms with van der Waals surface area (Å²) >= 11 is 0. The summed E-state index contributed by atoms with van der Waals surface area (Å²) in [6.07, 6.45) is 3.36. The number of amides is 3. The van der Waals surface area contributed by atoms with Gasteiger partial charge in [-0.15, -0.1) is 0 Å². The smallest absolute Gasteiger partial charge is 0.261 e. The molecule has 0 spiro atoms. The van der Waals surface area contributed by atoms with E-state index in [1.54, 1.807) is 24.3 Å². The Morgan fingerprint density at radius 3 is 2.25 bits per heavy atom. The number of piperazine rings is 1. The Bertz CT molecular complexity index is 1360. The second-order valence-corrected chi connectivity index (χ2v) is 9.08. The Morgan fingerprint density at radius 2 is 1.53 bits per heavy atom. The molecule has 1 saturated heterocycles. The van der Waals surface area contributed by atoms with Crippen LogP contribution in [0.15, 0.2) is 60.7 Å². The van der Waals surface area contributed by atoms with Gasteiger partial charge < -0.3 is 14.4 Å². The van der Waals surface area contributed by atoms with Gasteiger partial charge in [0.05, 0.1) is 0 Å². The molecule has 0 aliphatic carbocycles. The fourth-order valence-corrected chi connectivity index (χ4v) is 5.01. The molecule has 36 heavy (non-hydrogen) atoms. The molecule has 3 aliphatic rings. The van der Waals surface area contributed by atoms with Gasteiger partial charge in [-0.05, 0) is 41.3 Å². The largest absolute Gasteiger partial charge is 0.454 e. The first-order valence-electron chi connectivity index (χ1n) is 12.1. The number of imide groups is 1. The summed E-state index contributed by atoms with van der Waals surface area (Å²) in [6.45, 7) is 3.67. The van der Waals surface area contributed by atoms with E-state index in [2.05, 4.69) is 4.90 Å². The zero-order valence-corrected chi connectivity index (χ0v) is 19.7. The van der Waals surface area contributed by atoms with Gasteiger partial charge in [-0.2, -0.15) is 0 Å². The summed E-state index contributed by atoms with van der Waals surface area (Å²) in [4.78, 5) is 44.2. The third kappa shape index (κ3) is 3.99. The number of benzene rings is 3. The van der Waals surface area contributed by atoms with E-state index in [4.69, 9.17) is 9.47 Å². The number of hydrogen-bond acceptors (Lipinski definition) is 6. The van der Waals surface area contributed by atoms with Crippen molar-refractivity contribution in [2.24, 2.45) is 0 Å². The highest BCUT2D eigenvalue weighted by Crippen LogP contribution is 2.33. The Morgan fingerprint density at radius 1 is 0.833 bits per heavy atom. The summed E-state index contributed by atoms with van der Waals surface area (Å²) in [5.41, 5.74) is 2.03. The standard InChI is InChI=1S/C28H25N3O5/c32-25(10-8-19-7-9-23-24(17-19)36-18-35-23)30-14-11-29(12-15-30)13-16-31-27(33)21-5-1-3-20-4-2-6-22(26(20)21)28(31)34/h1-10,17H,11-16,18H2/b10-8-. The molecule has 0 bridgehead atoms. The number of carbonyl (C=O) groups is 3. The highest BCUT2D eigenvalue weighted by atomic mass is 16.7. The molecule has 6 rings (SSSR count). The molecular weight excluding hydrogens is 458 g/mol. The van der Waals surface area contributed by atoms with Crippen molar-refractivity contribution >= 4 is 34.6 Å². The predicted octanol–water partition coefficient (Wildman–Crippen LogP) is 3.02. The van der Waals surface area contributed by atoms with E-state index in [0.717, 1.165) is 16.3 Å². The monoisotopic (exact) mass is 483 g/mol. The Hall–Kier alpha value is -4.17. The lowest BCUT2D eigenvalue weighted by Gasteiger charge is -2.35. The second kappa shape index (κ2) is 9.13. The number of ether oxygens (including phenoxy) is 2. The first kappa shape index (κ1) is 22.3. The number of fused-ring (bicyclic) bond motifs is 1.